The van der Waals surface area contributed by atoms with Gasteiger partial charge >= 0.3 is 5.97 Å². The number of carbonyl (C=O) groups is 2. The third-order valence-electron chi connectivity index (χ3n) is 7.01. The molecule has 0 aliphatic heterocycles. The summed E-state index contributed by atoms with van der Waals surface area (Å²) in [5.41, 5.74) is 5.82. The Morgan fingerprint density at radius 1 is 0.830 bits per heavy atom. The van der Waals surface area contributed by atoms with E-state index in [0.717, 1.165) is 10.9 Å². The monoisotopic (exact) mass is 655 g/mol. The van der Waals surface area contributed by atoms with Gasteiger partial charge in [0.15, 0.2) is 23.0 Å². The molecule has 0 radical (unpaired) electrons. The van der Waals surface area contributed by atoms with E-state index >= 15 is 0 Å². The molecule has 5 rings (SSSR count). The molecule has 0 saturated heterocycles. The van der Waals surface area contributed by atoms with Crippen molar-refractivity contribution in [2.45, 2.75) is 20.8 Å². The maximum absolute atomic E-state index is 13.4. The van der Waals surface area contributed by atoms with Gasteiger partial charge in [-0.25, -0.2) is 10.2 Å². The summed E-state index contributed by atoms with van der Waals surface area (Å²) >= 11 is 6.55. The van der Waals surface area contributed by atoms with Crippen molar-refractivity contribution in [3.05, 3.63) is 101 Å². The van der Waals surface area contributed by atoms with Gasteiger partial charge in [0.2, 0.25) is 0 Å². The average molecular weight is 656 g/mol. The van der Waals surface area contributed by atoms with E-state index in [-0.39, 0.29) is 11.4 Å². The molecule has 0 aliphatic carbocycles. The molecule has 0 fully saturated rings. The first-order valence-electron chi connectivity index (χ1n) is 15.0. The summed E-state index contributed by atoms with van der Waals surface area (Å²) in [5.74, 6) is 1.14. The maximum atomic E-state index is 13.4. The summed E-state index contributed by atoms with van der Waals surface area (Å²) in [6.07, 6.45) is 1.47. The Labute approximate surface area is 277 Å². The number of ether oxygens (including phenoxy) is 5. The Morgan fingerprint density at radius 3 is 2.26 bits per heavy atom. The summed E-state index contributed by atoms with van der Waals surface area (Å²) < 4.78 is 28.1. The van der Waals surface area contributed by atoms with Crippen molar-refractivity contribution in [2.24, 2.45) is 5.10 Å². The highest BCUT2D eigenvalue weighted by Gasteiger charge is 2.21. The number of aromatic nitrogens is 1. The molecular weight excluding hydrogens is 622 g/mol. The lowest BCUT2D eigenvalue weighted by Gasteiger charge is -2.13. The quantitative estimate of drug-likeness (QED) is 0.0578. The fourth-order valence-electron chi connectivity index (χ4n) is 4.93. The summed E-state index contributed by atoms with van der Waals surface area (Å²) in [6.45, 7) is 6.74. The molecule has 242 valence electrons. The van der Waals surface area contributed by atoms with Gasteiger partial charge in [0.05, 0.1) is 38.7 Å². The van der Waals surface area contributed by atoms with Gasteiger partial charge in [-0.15, -0.1) is 0 Å². The number of halogens is 1. The fourth-order valence-corrected chi connectivity index (χ4v) is 5.16. The Balaban J connectivity index is 1.36. The molecule has 11 heteroatoms. The number of nitrogens with one attached hydrogen (secondary N) is 2. The Hall–Kier alpha value is -5.48. The number of fused-ring (bicyclic) bond motifs is 1. The topological polar surface area (TPSA) is 120 Å². The predicted octanol–water partition coefficient (Wildman–Crippen LogP) is 7.68. The van der Waals surface area contributed by atoms with Gasteiger partial charge in [-0.1, -0.05) is 29.8 Å². The van der Waals surface area contributed by atoms with E-state index < -0.39 is 11.9 Å². The number of rotatable bonds is 13. The molecule has 0 aliphatic rings. The average Bonchev–Trinajstić information content (AvgIpc) is 3.45. The molecular formula is C36H34ClN3O7. The zero-order valence-electron chi connectivity index (χ0n) is 26.4. The fraction of sp³-hybridized carbons (Fsp3) is 0.194. The number of aromatic amines is 1. The number of amides is 1. The Morgan fingerprint density at radius 2 is 1.53 bits per heavy atom. The lowest BCUT2D eigenvalue weighted by molar-refractivity contribution is 0.0727. The van der Waals surface area contributed by atoms with Crippen LogP contribution >= 0.6 is 11.6 Å². The molecule has 1 heterocycles. The molecule has 4 aromatic carbocycles. The van der Waals surface area contributed by atoms with Gasteiger partial charge in [0, 0.05) is 27.1 Å². The van der Waals surface area contributed by atoms with E-state index in [9.17, 15) is 9.59 Å². The number of hydrogen-bond donors (Lipinski definition) is 2. The normalized spacial score (nSPS) is 11.0. The molecule has 0 spiro atoms. The molecule has 2 N–H and O–H groups in total. The van der Waals surface area contributed by atoms with Gasteiger partial charge in [0.1, 0.15) is 11.4 Å². The summed E-state index contributed by atoms with van der Waals surface area (Å²) in [6, 6.07) is 22.6. The van der Waals surface area contributed by atoms with Gasteiger partial charge in [0.25, 0.3) is 5.91 Å². The second-order valence-electron chi connectivity index (χ2n) is 10.0. The highest BCUT2D eigenvalue weighted by atomic mass is 35.5. The van der Waals surface area contributed by atoms with Crippen molar-refractivity contribution in [3.8, 4) is 39.9 Å². The first-order chi connectivity index (χ1) is 22.9. The van der Waals surface area contributed by atoms with Crippen molar-refractivity contribution in [1.29, 1.82) is 0 Å². The minimum absolute atomic E-state index is 0.225. The molecule has 5 aromatic rings. The molecule has 0 unspecified atom stereocenters. The van der Waals surface area contributed by atoms with Crippen molar-refractivity contribution in [2.75, 3.05) is 26.9 Å². The molecule has 10 nitrogen and oxygen atoms in total. The zero-order chi connectivity index (χ0) is 33.3. The zero-order valence-corrected chi connectivity index (χ0v) is 27.1. The highest BCUT2D eigenvalue weighted by molar-refractivity contribution is 6.34. The highest BCUT2D eigenvalue weighted by Crippen LogP contribution is 2.38. The van der Waals surface area contributed by atoms with Crippen molar-refractivity contribution in [3.63, 3.8) is 0 Å². The van der Waals surface area contributed by atoms with Crippen LogP contribution in [0.25, 0.3) is 22.0 Å². The Kier molecular flexibility index (Phi) is 10.6. The van der Waals surface area contributed by atoms with Crippen LogP contribution in [0.3, 0.4) is 0 Å². The maximum Gasteiger partial charge on any atom is 0.343 e. The molecule has 1 aromatic heterocycles. The summed E-state index contributed by atoms with van der Waals surface area (Å²) in [5, 5.41) is 5.45. The standard InChI is InChI=1S/C36H34ClN3O7/c1-5-44-29-17-13-23(19-32(29)46-7-3)36(42)47-30-16-12-22(18-31(30)45-6-2)21-38-40-35(41)34-33(25-10-8-9-11-27(25)37)26-20-24(43-4)14-15-28(26)39-34/h8-21,39H,5-7H2,1-4H3,(H,40,41). The third-order valence-corrected chi connectivity index (χ3v) is 7.33. The number of methoxy groups -OCH3 is 1. The van der Waals surface area contributed by atoms with E-state index in [0.29, 0.717) is 70.1 Å². The van der Waals surface area contributed by atoms with E-state index in [2.05, 4.69) is 15.5 Å². The van der Waals surface area contributed by atoms with Crippen LogP contribution in [0.15, 0.2) is 84.0 Å². The number of esters is 1. The van der Waals surface area contributed by atoms with Crippen LogP contribution in [0, 0.1) is 0 Å². The molecule has 0 atom stereocenters. The molecule has 0 bridgehead atoms. The smallest absolute Gasteiger partial charge is 0.343 e. The van der Waals surface area contributed by atoms with Crippen LogP contribution < -0.4 is 29.1 Å². The minimum atomic E-state index is -0.589. The van der Waals surface area contributed by atoms with Crippen LogP contribution in [0.1, 0.15) is 47.2 Å². The van der Waals surface area contributed by atoms with Crippen LogP contribution in [-0.4, -0.2) is 50.0 Å². The van der Waals surface area contributed by atoms with E-state index in [4.69, 9.17) is 35.3 Å². The number of carbonyl (C=O) groups excluding carboxylic acids is 2. The lowest BCUT2D eigenvalue weighted by atomic mass is 10.0. The number of benzene rings is 4. The third kappa shape index (κ3) is 7.50. The van der Waals surface area contributed by atoms with Gasteiger partial charge < -0.3 is 28.7 Å². The first kappa shape index (κ1) is 32.9. The number of H-pyrrole nitrogens is 1. The summed E-state index contributed by atoms with van der Waals surface area (Å²) in [4.78, 5) is 29.7. The van der Waals surface area contributed by atoms with Crippen LogP contribution in [-0.2, 0) is 0 Å². The van der Waals surface area contributed by atoms with Crippen LogP contribution in [0.5, 0.6) is 28.7 Å². The van der Waals surface area contributed by atoms with Crippen LogP contribution in [0.2, 0.25) is 5.02 Å². The van der Waals surface area contributed by atoms with E-state index in [1.807, 2.05) is 57.2 Å². The predicted molar refractivity (Wildman–Crippen MR) is 182 cm³/mol. The molecule has 0 saturated carbocycles. The summed E-state index contributed by atoms with van der Waals surface area (Å²) in [7, 11) is 1.58. The van der Waals surface area contributed by atoms with Gasteiger partial charge in [-0.3, -0.25) is 4.79 Å². The minimum Gasteiger partial charge on any atom is -0.497 e. The molecule has 47 heavy (non-hydrogen) atoms. The second-order valence-corrected chi connectivity index (χ2v) is 10.4. The molecule has 1 amide bonds. The number of hydrogen-bond acceptors (Lipinski definition) is 8. The van der Waals surface area contributed by atoms with Crippen molar-refractivity contribution < 1.29 is 33.3 Å². The number of hydrazone groups is 1. The largest absolute Gasteiger partial charge is 0.497 e. The Bertz CT molecular complexity index is 1940. The second kappa shape index (κ2) is 15.2. The lowest BCUT2D eigenvalue weighted by Crippen LogP contribution is -2.19. The van der Waals surface area contributed by atoms with E-state index in [1.54, 1.807) is 49.6 Å². The van der Waals surface area contributed by atoms with Gasteiger partial charge in [-0.2, -0.15) is 5.10 Å². The van der Waals surface area contributed by atoms with Crippen molar-refractivity contribution >= 4 is 40.6 Å². The van der Waals surface area contributed by atoms with Gasteiger partial charge in [-0.05, 0) is 87.0 Å². The SMILES string of the molecule is CCOc1ccc(C(=O)Oc2ccc(C=NNC(=O)c3[nH]c4ccc(OC)cc4c3-c3ccccc3Cl)cc2OCC)cc1OCC. The first-order valence-corrected chi connectivity index (χ1v) is 15.4. The van der Waals surface area contributed by atoms with E-state index in [1.165, 1.54) is 6.21 Å². The van der Waals surface area contributed by atoms with Crippen LogP contribution in [0.4, 0.5) is 0 Å². The van der Waals surface area contributed by atoms with Crippen molar-refractivity contribution in [1.82, 2.24) is 10.4 Å². The number of nitrogens with zero attached hydrogens (tertiary/aromatic N) is 1.